The van der Waals surface area contributed by atoms with E-state index in [0.29, 0.717) is 5.56 Å². The Kier molecular flexibility index (Phi) is 5.63. The van der Waals surface area contributed by atoms with Crippen molar-refractivity contribution in [1.82, 2.24) is 4.31 Å². The molecule has 1 aliphatic rings. The van der Waals surface area contributed by atoms with Crippen molar-refractivity contribution in [3.05, 3.63) is 29.8 Å². The van der Waals surface area contributed by atoms with Gasteiger partial charge < -0.3 is 14.6 Å². The maximum Gasteiger partial charge on any atom is 0.328 e. The molecular formula is C16H21NO6S. The summed E-state index contributed by atoms with van der Waals surface area (Å²) >= 11 is 0. The van der Waals surface area contributed by atoms with E-state index >= 15 is 0 Å². The number of aliphatic carboxylic acids is 1. The molecule has 1 heterocycles. The largest absolute Gasteiger partial charge is 0.495 e. The minimum absolute atomic E-state index is 0.0128. The van der Waals surface area contributed by atoms with Crippen LogP contribution in [0, 0.1) is 0 Å². The molecule has 8 heteroatoms. The molecule has 24 heavy (non-hydrogen) atoms. The van der Waals surface area contributed by atoms with Crippen LogP contribution < -0.4 is 4.74 Å². The Morgan fingerprint density at radius 2 is 1.96 bits per heavy atom. The summed E-state index contributed by atoms with van der Waals surface area (Å²) in [6, 6.07) is 4.53. The van der Waals surface area contributed by atoms with Crippen molar-refractivity contribution in [3.8, 4) is 5.75 Å². The van der Waals surface area contributed by atoms with Gasteiger partial charge in [0.25, 0.3) is 0 Å². The maximum atomic E-state index is 13.0. The van der Waals surface area contributed by atoms with E-state index in [1.165, 1.54) is 29.6 Å². The zero-order chi connectivity index (χ0) is 17.9. The number of carbonyl (C=O) groups is 1. The first-order valence-electron chi connectivity index (χ1n) is 7.48. The Morgan fingerprint density at radius 1 is 1.33 bits per heavy atom. The number of sulfonamides is 1. The predicted molar refractivity (Wildman–Crippen MR) is 88.4 cm³/mol. The lowest BCUT2D eigenvalue weighted by molar-refractivity contribution is -0.131. The Bertz CT molecular complexity index is 733. The second kappa shape index (κ2) is 7.33. The molecule has 7 nitrogen and oxygen atoms in total. The van der Waals surface area contributed by atoms with E-state index < -0.39 is 16.0 Å². The molecule has 0 bridgehead atoms. The monoisotopic (exact) mass is 355 g/mol. The van der Waals surface area contributed by atoms with Crippen molar-refractivity contribution in [1.29, 1.82) is 0 Å². The Balaban J connectivity index is 2.44. The average molecular weight is 355 g/mol. The first-order chi connectivity index (χ1) is 11.2. The quantitative estimate of drug-likeness (QED) is 0.806. The van der Waals surface area contributed by atoms with Crippen LogP contribution in [0.2, 0.25) is 0 Å². The van der Waals surface area contributed by atoms with Gasteiger partial charge in [0.1, 0.15) is 10.6 Å². The summed E-state index contributed by atoms with van der Waals surface area (Å²) in [6.45, 7) is 4.15. The molecular weight excluding hydrogens is 334 g/mol. The van der Waals surface area contributed by atoms with Gasteiger partial charge in [-0.25, -0.2) is 13.2 Å². The number of nitrogens with zero attached hydrogens (tertiary/aromatic N) is 1. The highest BCUT2D eigenvalue weighted by atomic mass is 32.2. The predicted octanol–water partition coefficient (Wildman–Crippen LogP) is 1.59. The minimum atomic E-state index is -3.78. The molecule has 1 aliphatic heterocycles. The molecule has 132 valence electrons. The topological polar surface area (TPSA) is 93.1 Å². The van der Waals surface area contributed by atoms with Gasteiger partial charge in [-0.15, -0.1) is 0 Å². The zero-order valence-corrected chi connectivity index (χ0v) is 14.6. The normalized spacial score (nSPS) is 22.6. The fourth-order valence-corrected chi connectivity index (χ4v) is 4.41. The second-order valence-electron chi connectivity index (χ2n) is 5.66. The molecule has 1 aromatic rings. The average Bonchev–Trinajstić information content (AvgIpc) is 2.51. The van der Waals surface area contributed by atoms with Gasteiger partial charge in [-0.1, -0.05) is 6.07 Å². The number of methoxy groups -OCH3 is 1. The third-order valence-electron chi connectivity index (χ3n) is 3.61. The lowest BCUT2D eigenvalue weighted by Gasteiger charge is -2.34. The van der Waals surface area contributed by atoms with E-state index in [1.54, 1.807) is 6.07 Å². The molecule has 0 aliphatic carbocycles. The van der Waals surface area contributed by atoms with E-state index in [-0.39, 0.29) is 35.9 Å². The van der Waals surface area contributed by atoms with Crippen LogP contribution in [0.25, 0.3) is 6.08 Å². The summed E-state index contributed by atoms with van der Waals surface area (Å²) in [6.07, 6.45) is 1.89. The van der Waals surface area contributed by atoms with Crippen molar-refractivity contribution in [2.75, 3.05) is 20.2 Å². The minimum Gasteiger partial charge on any atom is -0.495 e. The van der Waals surface area contributed by atoms with Gasteiger partial charge in [0, 0.05) is 19.2 Å². The van der Waals surface area contributed by atoms with E-state index in [2.05, 4.69) is 0 Å². The number of rotatable bonds is 5. The summed E-state index contributed by atoms with van der Waals surface area (Å²) in [5, 5.41) is 8.72. The fraction of sp³-hybridized carbons (Fsp3) is 0.438. The molecule has 0 saturated carbocycles. The number of hydrogen-bond donors (Lipinski definition) is 1. The molecule has 0 unspecified atom stereocenters. The van der Waals surface area contributed by atoms with Gasteiger partial charge in [-0.05, 0) is 37.6 Å². The maximum absolute atomic E-state index is 13.0. The number of benzene rings is 1. The zero-order valence-electron chi connectivity index (χ0n) is 13.8. The van der Waals surface area contributed by atoms with E-state index in [9.17, 15) is 13.2 Å². The molecule has 1 fully saturated rings. The Labute approximate surface area is 141 Å². The van der Waals surface area contributed by atoms with Crippen LogP contribution in [-0.2, 0) is 19.6 Å². The highest BCUT2D eigenvalue weighted by Crippen LogP contribution is 2.30. The lowest BCUT2D eigenvalue weighted by atomic mass is 10.2. The number of carboxylic acids is 1. The van der Waals surface area contributed by atoms with Gasteiger partial charge in [-0.2, -0.15) is 4.31 Å². The van der Waals surface area contributed by atoms with Crippen molar-refractivity contribution in [2.45, 2.75) is 31.0 Å². The van der Waals surface area contributed by atoms with Crippen LogP contribution in [0.4, 0.5) is 0 Å². The third-order valence-corrected chi connectivity index (χ3v) is 5.46. The summed E-state index contributed by atoms with van der Waals surface area (Å²) in [7, 11) is -2.39. The van der Waals surface area contributed by atoms with Crippen LogP contribution in [0.15, 0.2) is 29.2 Å². The molecule has 2 rings (SSSR count). The van der Waals surface area contributed by atoms with Gasteiger partial charge in [-0.3, -0.25) is 0 Å². The number of morpholine rings is 1. The summed E-state index contributed by atoms with van der Waals surface area (Å²) < 4.78 is 38.1. The molecule has 1 aromatic carbocycles. The smallest absolute Gasteiger partial charge is 0.328 e. The van der Waals surface area contributed by atoms with Crippen molar-refractivity contribution < 1.29 is 27.8 Å². The van der Waals surface area contributed by atoms with Gasteiger partial charge in [0.2, 0.25) is 10.0 Å². The van der Waals surface area contributed by atoms with E-state index in [1.807, 2.05) is 13.8 Å². The van der Waals surface area contributed by atoms with E-state index in [4.69, 9.17) is 14.6 Å². The summed E-state index contributed by atoms with van der Waals surface area (Å²) in [5.41, 5.74) is 0.464. The van der Waals surface area contributed by atoms with Gasteiger partial charge >= 0.3 is 5.97 Å². The van der Waals surface area contributed by atoms with Crippen molar-refractivity contribution in [3.63, 3.8) is 0 Å². The van der Waals surface area contributed by atoms with Crippen LogP contribution in [0.3, 0.4) is 0 Å². The molecule has 0 spiro atoms. The Hall–Kier alpha value is -1.90. The molecule has 0 amide bonds. The summed E-state index contributed by atoms with van der Waals surface area (Å²) in [4.78, 5) is 10.7. The third kappa shape index (κ3) is 4.14. The molecule has 1 saturated heterocycles. The summed E-state index contributed by atoms with van der Waals surface area (Å²) in [5.74, 6) is -0.889. The standard InChI is InChI=1S/C16H21NO6S/c1-11-9-17(10-12(2)23-11)24(20,21)15-8-13(5-7-16(18)19)4-6-14(15)22-3/h4-8,11-12H,9-10H2,1-3H3,(H,18,19)/b7-5+/t11-,12+. The number of ether oxygens (including phenoxy) is 2. The second-order valence-corrected chi connectivity index (χ2v) is 7.57. The van der Waals surface area contributed by atoms with Crippen LogP contribution in [0.5, 0.6) is 5.75 Å². The lowest BCUT2D eigenvalue weighted by Crippen LogP contribution is -2.48. The van der Waals surface area contributed by atoms with Crippen LogP contribution >= 0.6 is 0 Å². The van der Waals surface area contributed by atoms with Crippen LogP contribution in [-0.4, -0.2) is 56.2 Å². The van der Waals surface area contributed by atoms with Crippen molar-refractivity contribution >= 4 is 22.1 Å². The number of hydrogen-bond acceptors (Lipinski definition) is 5. The Morgan fingerprint density at radius 3 is 2.50 bits per heavy atom. The SMILES string of the molecule is COc1ccc(/C=C/C(=O)O)cc1S(=O)(=O)N1C[C@@H](C)O[C@@H](C)C1. The first-order valence-corrected chi connectivity index (χ1v) is 8.92. The highest BCUT2D eigenvalue weighted by Gasteiger charge is 2.34. The van der Waals surface area contributed by atoms with Gasteiger partial charge in [0.05, 0.1) is 19.3 Å². The van der Waals surface area contributed by atoms with E-state index in [0.717, 1.165) is 6.08 Å². The molecule has 2 atom stereocenters. The first kappa shape index (κ1) is 18.4. The highest BCUT2D eigenvalue weighted by molar-refractivity contribution is 7.89. The van der Waals surface area contributed by atoms with Crippen molar-refractivity contribution in [2.24, 2.45) is 0 Å². The van der Waals surface area contributed by atoms with Gasteiger partial charge in [0.15, 0.2) is 0 Å². The molecule has 0 radical (unpaired) electrons. The fourth-order valence-electron chi connectivity index (χ4n) is 2.63. The molecule has 0 aromatic heterocycles. The van der Waals surface area contributed by atoms with Crippen LogP contribution in [0.1, 0.15) is 19.4 Å². The number of carboxylic acid groups (broad SMARTS) is 1. The molecule has 1 N–H and O–H groups in total.